The molecule has 0 bridgehead atoms. The van der Waals surface area contributed by atoms with Gasteiger partial charge in [-0.15, -0.1) is 0 Å². The molecule has 1 amide bonds. The fraction of sp³-hybridized carbons (Fsp3) is 0.368. The van der Waals surface area contributed by atoms with Crippen molar-refractivity contribution in [2.24, 2.45) is 0 Å². The number of fused-ring (bicyclic) bond motifs is 1. The van der Waals surface area contributed by atoms with Crippen molar-refractivity contribution >= 4 is 27.5 Å². The molecule has 1 aromatic carbocycles. The standard InChI is InChI=1S/C19H21FN4O4S/c1-5-26-19-24-13-6-7-14(17(20)18(13)29-19)28-16-9-21-15(8-22-16)27-11(3)10(2)23-12(4)25/h6-11H,5H2,1-4H3,(H,23,25). The van der Waals surface area contributed by atoms with Crippen LogP contribution in [-0.2, 0) is 4.79 Å². The molecule has 154 valence electrons. The van der Waals surface area contributed by atoms with Crippen LogP contribution in [0.5, 0.6) is 22.7 Å². The molecule has 2 unspecified atom stereocenters. The molecule has 2 aromatic heterocycles. The number of benzene rings is 1. The second-order valence-corrected chi connectivity index (χ2v) is 7.21. The summed E-state index contributed by atoms with van der Waals surface area (Å²) in [7, 11) is 0. The van der Waals surface area contributed by atoms with Gasteiger partial charge in [-0.2, -0.15) is 0 Å². The van der Waals surface area contributed by atoms with Crippen molar-refractivity contribution in [3.63, 3.8) is 0 Å². The van der Waals surface area contributed by atoms with E-state index in [-0.39, 0.29) is 35.6 Å². The summed E-state index contributed by atoms with van der Waals surface area (Å²) in [5.74, 6) is -0.281. The van der Waals surface area contributed by atoms with Crippen molar-refractivity contribution in [1.29, 1.82) is 0 Å². The van der Waals surface area contributed by atoms with Crippen LogP contribution >= 0.6 is 11.3 Å². The van der Waals surface area contributed by atoms with Crippen LogP contribution in [0.25, 0.3) is 10.2 Å². The quantitative estimate of drug-likeness (QED) is 0.593. The van der Waals surface area contributed by atoms with Crippen molar-refractivity contribution < 1.29 is 23.4 Å². The molecule has 1 N–H and O–H groups in total. The SMILES string of the molecule is CCOc1nc2ccc(Oc3cnc(OC(C)C(C)NC(C)=O)cn3)c(F)c2s1. The number of rotatable bonds is 8. The normalized spacial score (nSPS) is 13.0. The maximum Gasteiger partial charge on any atom is 0.274 e. The fourth-order valence-electron chi connectivity index (χ4n) is 2.45. The highest BCUT2D eigenvalue weighted by molar-refractivity contribution is 7.20. The van der Waals surface area contributed by atoms with Gasteiger partial charge in [0.2, 0.25) is 17.7 Å². The zero-order valence-corrected chi connectivity index (χ0v) is 17.2. The minimum absolute atomic E-state index is 0.0137. The molecule has 10 heteroatoms. The van der Waals surface area contributed by atoms with Crippen LogP contribution in [0, 0.1) is 5.82 Å². The zero-order chi connectivity index (χ0) is 21.0. The van der Waals surface area contributed by atoms with E-state index in [1.54, 1.807) is 6.07 Å². The molecule has 0 aliphatic rings. The molecule has 0 saturated carbocycles. The van der Waals surface area contributed by atoms with Gasteiger partial charge >= 0.3 is 0 Å². The monoisotopic (exact) mass is 420 g/mol. The summed E-state index contributed by atoms with van der Waals surface area (Å²) in [6.45, 7) is 7.37. The predicted octanol–water partition coefficient (Wildman–Crippen LogP) is 3.71. The Labute approximate surface area is 171 Å². The van der Waals surface area contributed by atoms with Crippen molar-refractivity contribution in [2.75, 3.05) is 6.61 Å². The first-order valence-electron chi connectivity index (χ1n) is 9.02. The lowest BCUT2D eigenvalue weighted by Gasteiger charge is -2.21. The first kappa shape index (κ1) is 20.7. The van der Waals surface area contributed by atoms with Gasteiger partial charge in [0.25, 0.3) is 5.19 Å². The van der Waals surface area contributed by atoms with Gasteiger partial charge < -0.3 is 19.5 Å². The predicted molar refractivity (Wildman–Crippen MR) is 106 cm³/mol. The van der Waals surface area contributed by atoms with Gasteiger partial charge in [-0.25, -0.2) is 19.3 Å². The molecule has 0 fully saturated rings. The summed E-state index contributed by atoms with van der Waals surface area (Å²) in [5, 5.41) is 3.15. The van der Waals surface area contributed by atoms with E-state index in [1.165, 1.54) is 25.4 Å². The first-order valence-corrected chi connectivity index (χ1v) is 9.84. The highest BCUT2D eigenvalue weighted by Crippen LogP contribution is 2.35. The van der Waals surface area contributed by atoms with E-state index in [2.05, 4.69) is 20.3 Å². The van der Waals surface area contributed by atoms with E-state index in [4.69, 9.17) is 14.2 Å². The van der Waals surface area contributed by atoms with E-state index in [1.807, 2.05) is 20.8 Å². The molecule has 2 heterocycles. The molecule has 0 aliphatic carbocycles. The second kappa shape index (κ2) is 8.99. The molecule has 0 spiro atoms. The van der Waals surface area contributed by atoms with Crippen LogP contribution in [0.4, 0.5) is 4.39 Å². The van der Waals surface area contributed by atoms with Gasteiger partial charge in [-0.1, -0.05) is 11.3 Å². The van der Waals surface area contributed by atoms with Crippen LogP contribution in [0.2, 0.25) is 0 Å². The molecular weight excluding hydrogens is 399 g/mol. The van der Waals surface area contributed by atoms with E-state index in [0.717, 1.165) is 11.3 Å². The number of halogens is 1. The number of amides is 1. The van der Waals surface area contributed by atoms with Gasteiger partial charge in [0.1, 0.15) is 6.10 Å². The highest BCUT2D eigenvalue weighted by atomic mass is 32.1. The number of thiazole rings is 1. The molecular formula is C19H21FN4O4S. The summed E-state index contributed by atoms with van der Waals surface area (Å²) in [6.07, 6.45) is 2.40. The summed E-state index contributed by atoms with van der Waals surface area (Å²) in [6, 6.07) is 2.94. The summed E-state index contributed by atoms with van der Waals surface area (Å²) in [4.78, 5) is 23.6. The Morgan fingerprint density at radius 1 is 1.24 bits per heavy atom. The maximum atomic E-state index is 14.7. The smallest absolute Gasteiger partial charge is 0.274 e. The molecule has 8 nitrogen and oxygen atoms in total. The number of nitrogens with zero attached hydrogens (tertiary/aromatic N) is 3. The molecule has 29 heavy (non-hydrogen) atoms. The number of hydrogen-bond donors (Lipinski definition) is 1. The molecule has 3 aromatic rings. The van der Waals surface area contributed by atoms with Gasteiger partial charge in [-0.3, -0.25) is 4.79 Å². The van der Waals surface area contributed by atoms with Crippen LogP contribution in [0.1, 0.15) is 27.7 Å². The number of carbonyl (C=O) groups excluding carboxylic acids is 1. The van der Waals surface area contributed by atoms with E-state index >= 15 is 0 Å². The van der Waals surface area contributed by atoms with E-state index in [9.17, 15) is 9.18 Å². The molecule has 3 rings (SSSR count). The van der Waals surface area contributed by atoms with Crippen molar-refractivity contribution in [1.82, 2.24) is 20.3 Å². The first-order chi connectivity index (χ1) is 13.9. The maximum absolute atomic E-state index is 14.7. The van der Waals surface area contributed by atoms with Crippen LogP contribution in [-0.4, -0.2) is 39.6 Å². The third-order valence-corrected chi connectivity index (χ3v) is 4.95. The third-order valence-electron chi connectivity index (χ3n) is 3.97. The Balaban J connectivity index is 1.69. The molecule has 2 atom stereocenters. The Bertz CT molecular complexity index is 996. The average Bonchev–Trinajstić information content (AvgIpc) is 3.09. The zero-order valence-electron chi connectivity index (χ0n) is 16.4. The number of nitrogens with one attached hydrogen (secondary N) is 1. The summed E-state index contributed by atoms with van der Waals surface area (Å²) >= 11 is 1.11. The Kier molecular flexibility index (Phi) is 6.42. The molecule has 0 aliphatic heterocycles. The number of aromatic nitrogens is 3. The number of hydrogen-bond acceptors (Lipinski definition) is 8. The second-order valence-electron chi connectivity index (χ2n) is 6.25. The lowest BCUT2D eigenvalue weighted by molar-refractivity contribution is -0.120. The van der Waals surface area contributed by atoms with Crippen molar-refractivity contribution in [3.8, 4) is 22.7 Å². The average molecular weight is 420 g/mol. The number of carbonyl (C=O) groups is 1. The minimum Gasteiger partial charge on any atom is -0.471 e. The summed E-state index contributed by atoms with van der Waals surface area (Å²) < 4.78 is 31.6. The Morgan fingerprint density at radius 2 is 1.97 bits per heavy atom. The van der Waals surface area contributed by atoms with Gasteiger partial charge in [0.15, 0.2) is 11.6 Å². The third kappa shape index (κ3) is 5.08. The Morgan fingerprint density at radius 3 is 2.62 bits per heavy atom. The molecule has 0 saturated heterocycles. The summed E-state index contributed by atoms with van der Waals surface area (Å²) in [5.41, 5.74) is 0.500. The Hall–Kier alpha value is -3.01. The lowest BCUT2D eigenvalue weighted by Crippen LogP contribution is -2.41. The van der Waals surface area contributed by atoms with Crippen LogP contribution < -0.4 is 19.5 Å². The number of ether oxygens (including phenoxy) is 3. The van der Waals surface area contributed by atoms with E-state index < -0.39 is 5.82 Å². The topological polar surface area (TPSA) is 95.5 Å². The van der Waals surface area contributed by atoms with Crippen molar-refractivity contribution in [3.05, 3.63) is 30.3 Å². The van der Waals surface area contributed by atoms with Gasteiger partial charge in [-0.05, 0) is 32.9 Å². The molecule has 0 radical (unpaired) electrons. The van der Waals surface area contributed by atoms with Crippen molar-refractivity contribution in [2.45, 2.75) is 39.8 Å². The van der Waals surface area contributed by atoms with Gasteiger partial charge in [0.05, 0.1) is 35.3 Å². The minimum atomic E-state index is -0.536. The highest BCUT2D eigenvalue weighted by Gasteiger charge is 2.17. The van der Waals surface area contributed by atoms with Crippen LogP contribution in [0.3, 0.4) is 0 Å². The fourth-order valence-corrected chi connectivity index (χ4v) is 3.35. The van der Waals surface area contributed by atoms with Gasteiger partial charge in [0, 0.05) is 6.92 Å². The van der Waals surface area contributed by atoms with Crippen LogP contribution in [0.15, 0.2) is 24.5 Å². The largest absolute Gasteiger partial charge is 0.471 e. The van der Waals surface area contributed by atoms with E-state index in [0.29, 0.717) is 22.0 Å². The lowest BCUT2D eigenvalue weighted by atomic mass is 10.2.